The third-order valence-corrected chi connectivity index (χ3v) is 2.27. The van der Waals surface area contributed by atoms with Crippen LogP contribution in [0.2, 0.25) is 10.0 Å². The minimum Gasteiger partial charge on any atom is -0.423 e. The van der Waals surface area contributed by atoms with Crippen LogP contribution in [0.3, 0.4) is 0 Å². The summed E-state index contributed by atoms with van der Waals surface area (Å²) in [6.07, 6.45) is 1.26. The second kappa shape index (κ2) is 3.36. The predicted molar refractivity (Wildman–Crippen MR) is 49.8 cm³/mol. The molecule has 0 aliphatic heterocycles. The fourth-order valence-corrected chi connectivity index (χ4v) is 1.23. The second-order valence-electron chi connectivity index (χ2n) is 2.37. The van der Waals surface area contributed by atoms with Crippen molar-refractivity contribution in [2.75, 3.05) is 0 Å². The Balaban J connectivity index is 2.49. The fraction of sp³-hybridized carbons (Fsp3) is 0. The summed E-state index contributed by atoms with van der Waals surface area (Å²) in [4.78, 5) is 0. The van der Waals surface area contributed by atoms with Gasteiger partial charge in [-0.1, -0.05) is 23.2 Å². The summed E-state index contributed by atoms with van der Waals surface area (Å²) in [7, 11) is 0. The highest BCUT2D eigenvalue weighted by Crippen LogP contribution is 2.27. The Bertz CT molecular complexity index is 414. The van der Waals surface area contributed by atoms with E-state index in [4.69, 9.17) is 27.6 Å². The molecule has 3 nitrogen and oxygen atoms in total. The molecule has 0 fully saturated rings. The van der Waals surface area contributed by atoms with Crippen molar-refractivity contribution in [1.29, 1.82) is 0 Å². The van der Waals surface area contributed by atoms with E-state index < -0.39 is 0 Å². The van der Waals surface area contributed by atoms with Crippen LogP contribution in [0.4, 0.5) is 0 Å². The smallest absolute Gasteiger partial charge is 0.247 e. The number of hydrogen-bond acceptors (Lipinski definition) is 3. The normalized spacial score (nSPS) is 10.3. The predicted octanol–water partition coefficient (Wildman–Crippen LogP) is 3.04. The van der Waals surface area contributed by atoms with E-state index >= 15 is 0 Å². The third kappa shape index (κ3) is 1.66. The molecule has 2 aromatic rings. The number of hydrogen-bond donors (Lipinski definition) is 0. The molecule has 0 N–H and O–H groups in total. The topological polar surface area (TPSA) is 38.9 Å². The van der Waals surface area contributed by atoms with Crippen molar-refractivity contribution in [2.45, 2.75) is 0 Å². The molecule has 0 saturated heterocycles. The van der Waals surface area contributed by atoms with Gasteiger partial charge in [-0.05, 0) is 18.2 Å². The van der Waals surface area contributed by atoms with E-state index in [2.05, 4.69) is 10.2 Å². The highest BCUT2D eigenvalue weighted by Gasteiger charge is 2.05. The number of halogens is 2. The van der Waals surface area contributed by atoms with Crippen molar-refractivity contribution >= 4 is 23.2 Å². The highest BCUT2D eigenvalue weighted by atomic mass is 35.5. The molecule has 5 heteroatoms. The van der Waals surface area contributed by atoms with E-state index in [0.29, 0.717) is 15.9 Å². The van der Waals surface area contributed by atoms with Crippen LogP contribution in [-0.4, -0.2) is 10.2 Å². The Morgan fingerprint density at radius 3 is 2.62 bits per heavy atom. The van der Waals surface area contributed by atoms with Crippen LogP contribution in [0.5, 0.6) is 0 Å². The van der Waals surface area contributed by atoms with Gasteiger partial charge >= 0.3 is 0 Å². The first-order valence-electron chi connectivity index (χ1n) is 3.49. The molecule has 1 aromatic carbocycles. The lowest BCUT2D eigenvalue weighted by atomic mass is 10.2. The number of aromatic nitrogens is 2. The lowest BCUT2D eigenvalue weighted by Crippen LogP contribution is -1.78. The molecule has 2 rings (SSSR count). The molecular formula is C8H4Cl2N2O. The van der Waals surface area contributed by atoms with Crippen LogP contribution in [-0.2, 0) is 0 Å². The van der Waals surface area contributed by atoms with Gasteiger partial charge in [0.2, 0.25) is 12.3 Å². The van der Waals surface area contributed by atoms with Crippen molar-refractivity contribution in [3.05, 3.63) is 34.6 Å². The third-order valence-electron chi connectivity index (χ3n) is 1.53. The molecule has 0 unspecified atom stereocenters. The maximum Gasteiger partial charge on any atom is 0.247 e. The molecule has 1 aromatic heterocycles. The SMILES string of the molecule is Clc1ccc(-c2nnco2)cc1Cl. The molecule has 1 heterocycles. The number of nitrogens with zero attached hydrogens (tertiary/aromatic N) is 2. The Kier molecular flexibility index (Phi) is 2.20. The molecule has 0 aliphatic rings. The Labute approximate surface area is 84.3 Å². The van der Waals surface area contributed by atoms with Crippen molar-refractivity contribution in [1.82, 2.24) is 10.2 Å². The van der Waals surface area contributed by atoms with Gasteiger partial charge in [-0.2, -0.15) is 0 Å². The molecule has 0 aliphatic carbocycles. The van der Waals surface area contributed by atoms with Crippen LogP contribution in [0, 0.1) is 0 Å². The average molecular weight is 215 g/mol. The summed E-state index contributed by atoms with van der Waals surface area (Å²) in [5.41, 5.74) is 0.756. The number of benzene rings is 1. The van der Waals surface area contributed by atoms with E-state index in [1.54, 1.807) is 18.2 Å². The van der Waals surface area contributed by atoms with Gasteiger partial charge in [0.25, 0.3) is 0 Å². The number of rotatable bonds is 1. The van der Waals surface area contributed by atoms with Crippen LogP contribution in [0.1, 0.15) is 0 Å². The molecule has 0 bridgehead atoms. The van der Waals surface area contributed by atoms with E-state index in [-0.39, 0.29) is 0 Å². The zero-order valence-electron chi connectivity index (χ0n) is 6.37. The zero-order chi connectivity index (χ0) is 9.26. The minimum absolute atomic E-state index is 0.429. The fourth-order valence-electron chi connectivity index (χ4n) is 0.928. The first kappa shape index (κ1) is 8.53. The van der Waals surface area contributed by atoms with Crippen molar-refractivity contribution in [2.24, 2.45) is 0 Å². The molecule has 0 atom stereocenters. The molecule has 13 heavy (non-hydrogen) atoms. The lowest BCUT2D eigenvalue weighted by Gasteiger charge is -1.97. The molecule has 0 radical (unpaired) electrons. The summed E-state index contributed by atoms with van der Waals surface area (Å²) in [6, 6.07) is 5.13. The van der Waals surface area contributed by atoms with E-state index in [1.165, 1.54) is 6.39 Å². The van der Waals surface area contributed by atoms with Gasteiger partial charge < -0.3 is 4.42 Å². The minimum atomic E-state index is 0.429. The van der Waals surface area contributed by atoms with Crippen molar-refractivity contribution in [3.8, 4) is 11.5 Å². The molecule has 0 spiro atoms. The average Bonchev–Trinajstić information content (AvgIpc) is 2.62. The van der Waals surface area contributed by atoms with Crippen molar-refractivity contribution in [3.63, 3.8) is 0 Å². The van der Waals surface area contributed by atoms with Gasteiger partial charge in [0.05, 0.1) is 10.0 Å². The molecular weight excluding hydrogens is 211 g/mol. The first-order valence-corrected chi connectivity index (χ1v) is 4.24. The van der Waals surface area contributed by atoms with Crippen molar-refractivity contribution < 1.29 is 4.42 Å². The summed E-state index contributed by atoms with van der Waals surface area (Å²) >= 11 is 11.6. The van der Waals surface area contributed by atoms with Gasteiger partial charge in [0.15, 0.2) is 0 Å². The Morgan fingerprint density at radius 1 is 1.15 bits per heavy atom. The standard InChI is InChI=1S/C8H4Cl2N2O/c9-6-2-1-5(3-7(6)10)8-12-11-4-13-8/h1-4H. The van der Waals surface area contributed by atoms with Gasteiger partial charge in [0, 0.05) is 5.56 Å². The van der Waals surface area contributed by atoms with Crippen LogP contribution in [0.15, 0.2) is 29.0 Å². The second-order valence-corrected chi connectivity index (χ2v) is 3.19. The molecule has 0 saturated carbocycles. The van der Waals surface area contributed by atoms with Crippen LogP contribution >= 0.6 is 23.2 Å². The van der Waals surface area contributed by atoms with E-state index in [9.17, 15) is 0 Å². The lowest BCUT2D eigenvalue weighted by molar-refractivity contribution is 0.568. The van der Waals surface area contributed by atoms with Crippen LogP contribution < -0.4 is 0 Å². The summed E-state index contributed by atoms with van der Waals surface area (Å²) < 4.78 is 4.99. The van der Waals surface area contributed by atoms with E-state index in [1.807, 2.05) is 0 Å². The van der Waals surface area contributed by atoms with Crippen LogP contribution in [0.25, 0.3) is 11.5 Å². The summed E-state index contributed by atoms with van der Waals surface area (Å²) in [5.74, 6) is 0.429. The largest absolute Gasteiger partial charge is 0.423 e. The van der Waals surface area contributed by atoms with Gasteiger partial charge in [-0.3, -0.25) is 0 Å². The first-order chi connectivity index (χ1) is 6.27. The highest BCUT2D eigenvalue weighted by molar-refractivity contribution is 6.42. The quantitative estimate of drug-likeness (QED) is 0.733. The molecule has 66 valence electrons. The van der Waals surface area contributed by atoms with Gasteiger partial charge in [-0.15, -0.1) is 10.2 Å². The maximum atomic E-state index is 5.81. The van der Waals surface area contributed by atoms with Gasteiger partial charge in [0.1, 0.15) is 0 Å². The zero-order valence-corrected chi connectivity index (χ0v) is 7.88. The van der Waals surface area contributed by atoms with E-state index in [0.717, 1.165) is 5.56 Å². The Hall–Kier alpha value is -1.06. The maximum absolute atomic E-state index is 5.81. The summed E-state index contributed by atoms with van der Waals surface area (Å²) in [6.45, 7) is 0. The summed E-state index contributed by atoms with van der Waals surface area (Å²) in [5, 5.41) is 8.27. The van der Waals surface area contributed by atoms with Gasteiger partial charge in [-0.25, -0.2) is 0 Å². The monoisotopic (exact) mass is 214 g/mol. The molecule has 0 amide bonds. The Morgan fingerprint density at radius 2 is 2.00 bits per heavy atom.